The van der Waals surface area contributed by atoms with Crippen molar-refractivity contribution in [3.05, 3.63) is 95.0 Å². The molecule has 0 fully saturated rings. The molecule has 0 atom stereocenters. The molecule has 2 aromatic carbocycles. The first-order chi connectivity index (χ1) is 17.2. The van der Waals surface area contributed by atoms with Gasteiger partial charge in [-0.3, -0.25) is 40.5 Å². The van der Waals surface area contributed by atoms with Crippen molar-refractivity contribution >= 4 is 57.3 Å². The predicted octanol–water partition coefficient (Wildman–Crippen LogP) is 3.71. The van der Waals surface area contributed by atoms with Gasteiger partial charge in [0.05, 0.1) is 42.8 Å². The van der Waals surface area contributed by atoms with Crippen LogP contribution in [0.1, 0.15) is 6.42 Å². The first kappa shape index (κ1) is 28.3. The van der Waals surface area contributed by atoms with Crippen molar-refractivity contribution in [2.75, 3.05) is 23.1 Å². The lowest BCUT2D eigenvalue weighted by Gasteiger charge is -2.17. The Morgan fingerprint density at radius 1 is 0.541 bits per heavy atom. The lowest BCUT2D eigenvalue weighted by molar-refractivity contribution is -0.501. The maximum absolute atomic E-state index is 11.7. The monoisotopic (exact) mass is 564 g/mol. The minimum atomic E-state index is -1.26. The molecule has 0 aromatic heterocycles. The Hall–Kier alpha value is -4.98. The van der Waals surface area contributed by atoms with E-state index in [4.69, 9.17) is 23.2 Å². The van der Waals surface area contributed by atoms with Crippen LogP contribution < -0.4 is 10.0 Å². The van der Waals surface area contributed by atoms with Gasteiger partial charge in [-0.25, -0.2) is 20.2 Å². The summed E-state index contributed by atoms with van der Waals surface area (Å²) in [5.41, 5.74) is -6.67. The topological polar surface area (TPSA) is 265 Å². The summed E-state index contributed by atoms with van der Waals surface area (Å²) >= 11 is 11.3. The SMILES string of the molecule is O=[N+]([O-])c1cc(Cl)cc([N+](=O)[O-])c1N(CCCN(c1c([N+](=O)[O-])cc(Cl)cc1[N+](=O)[O-])[N+](=O)[O-])[N+](=O)[O-]. The zero-order valence-electron chi connectivity index (χ0n) is 17.7. The van der Waals surface area contributed by atoms with Gasteiger partial charge in [-0.05, 0) is 6.42 Å². The quantitative estimate of drug-likeness (QED) is 0.262. The van der Waals surface area contributed by atoms with E-state index >= 15 is 0 Å². The standard InChI is InChI=1S/C15H10Cl2N8O12/c16-8-4-10(20(26)27)14(11(5-8)21(28)29)18(24(34)35)2-1-3-19(25(36)37)15-12(22(30)31)6-9(17)7-13(15)23(32)33/h4-7H,1-3H2. The summed E-state index contributed by atoms with van der Waals surface area (Å²) in [5.74, 6) is 0. The fourth-order valence-corrected chi connectivity index (χ4v) is 3.56. The molecular formula is C15H10Cl2N8O12. The van der Waals surface area contributed by atoms with Gasteiger partial charge in [0.2, 0.25) is 0 Å². The third-order valence-corrected chi connectivity index (χ3v) is 4.94. The molecule has 2 aromatic rings. The van der Waals surface area contributed by atoms with Gasteiger partial charge in [-0.15, -0.1) is 0 Å². The number of rotatable bonds is 12. The third kappa shape index (κ3) is 6.18. The fourth-order valence-electron chi connectivity index (χ4n) is 3.15. The number of hydrogen-bond donors (Lipinski definition) is 0. The van der Waals surface area contributed by atoms with Crippen LogP contribution >= 0.6 is 23.2 Å². The molecule has 0 radical (unpaired) electrons. The van der Waals surface area contributed by atoms with Gasteiger partial charge in [0.15, 0.2) is 10.1 Å². The van der Waals surface area contributed by atoms with Crippen molar-refractivity contribution in [1.82, 2.24) is 0 Å². The molecule has 20 nitrogen and oxygen atoms in total. The molecular weight excluding hydrogens is 555 g/mol. The lowest BCUT2D eigenvalue weighted by Crippen LogP contribution is -2.37. The molecule has 0 aliphatic rings. The number of nitro benzene ring substituents is 4. The van der Waals surface area contributed by atoms with E-state index in [-0.39, 0.29) is 10.0 Å². The van der Waals surface area contributed by atoms with E-state index in [1.54, 1.807) is 0 Å². The molecule has 0 heterocycles. The second kappa shape index (κ2) is 11.2. The van der Waals surface area contributed by atoms with E-state index in [1.807, 2.05) is 0 Å². The van der Waals surface area contributed by atoms with E-state index in [2.05, 4.69) is 0 Å². The molecule has 0 saturated heterocycles. The molecule has 2 rings (SSSR count). The van der Waals surface area contributed by atoms with Gasteiger partial charge >= 0.3 is 22.7 Å². The number of benzene rings is 2. The number of nitrogens with zero attached hydrogens (tertiary/aromatic N) is 8. The maximum atomic E-state index is 11.7. The number of nitro groups is 6. The van der Waals surface area contributed by atoms with Crippen LogP contribution in [0.5, 0.6) is 0 Å². The van der Waals surface area contributed by atoms with E-state index in [9.17, 15) is 60.7 Å². The Balaban J connectivity index is 2.54. The van der Waals surface area contributed by atoms with Gasteiger partial charge in [-0.1, -0.05) is 33.2 Å². The summed E-state index contributed by atoms with van der Waals surface area (Å²) in [4.78, 5) is 64.2. The molecule has 0 bridgehead atoms. The molecule has 37 heavy (non-hydrogen) atoms. The number of anilines is 2. The first-order valence-electron chi connectivity index (χ1n) is 9.25. The van der Waals surface area contributed by atoms with Crippen LogP contribution in [0.2, 0.25) is 10.0 Å². The Bertz CT molecular complexity index is 1170. The van der Waals surface area contributed by atoms with Crippen molar-refractivity contribution < 1.29 is 29.8 Å². The van der Waals surface area contributed by atoms with Crippen molar-refractivity contribution in [3.63, 3.8) is 0 Å². The minimum absolute atomic E-state index is 0.0323. The highest BCUT2D eigenvalue weighted by molar-refractivity contribution is 6.31. The van der Waals surface area contributed by atoms with Crippen LogP contribution in [0, 0.1) is 60.7 Å². The lowest BCUT2D eigenvalue weighted by atomic mass is 10.2. The van der Waals surface area contributed by atoms with Crippen LogP contribution in [0.15, 0.2) is 24.3 Å². The number of hydrazine groups is 2. The molecule has 0 aliphatic heterocycles. The zero-order chi connectivity index (χ0) is 28.2. The Labute approximate surface area is 212 Å². The van der Waals surface area contributed by atoms with Crippen LogP contribution in [-0.4, -0.2) is 42.8 Å². The number of hydrogen-bond acceptors (Lipinski definition) is 12. The molecule has 0 spiro atoms. The molecule has 0 saturated carbocycles. The summed E-state index contributed by atoms with van der Waals surface area (Å²) < 4.78 is 0. The minimum Gasteiger partial charge on any atom is -0.258 e. The van der Waals surface area contributed by atoms with Crippen LogP contribution in [0.3, 0.4) is 0 Å². The molecule has 22 heteroatoms. The summed E-state index contributed by atoms with van der Waals surface area (Å²) in [5, 5.41) is 65.4. The van der Waals surface area contributed by atoms with Crippen molar-refractivity contribution in [3.8, 4) is 0 Å². The maximum Gasteiger partial charge on any atom is 0.307 e. The van der Waals surface area contributed by atoms with Crippen LogP contribution in [-0.2, 0) is 0 Å². The van der Waals surface area contributed by atoms with Crippen LogP contribution in [0.25, 0.3) is 0 Å². The summed E-state index contributed by atoms with van der Waals surface area (Å²) in [6.07, 6.45) is -0.699. The summed E-state index contributed by atoms with van der Waals surface area (Å²) in [7, 11) is 0. The molecule has 0 N–H and O–H groups in total. The highest BCUT2D eigenvalue weighted by atomic mass is 35.5. The second-order valence-corrected chi connectivity index (χ2v) is 7.56. The van der Waals surface area contributed by atoms with E-state index in [0.29, 0.717) is 24.3 Å². The average Bonchev–Trinajstić information content (AvgIpc) is 2.78. The average molecular weight is 565 g/mol. The third-order valence-electron chi connectivity index (χ3n) is 4.51. The van der Waals surface area contributed by atoms with Crippen molar-refractivity contribution in [2.24, 2.45) is 0 Å². The van der Waals surface area contributed by atoms with Crippen molar-refractivity contribution in [1.29, 1.82) is 0 Å². The first-order valence-corrected chi connectivity index (χ1v) is 10.0. The predicted molar refractivity (Wildman–Crippen MR) is 123 cm³/mol. The zero-order valence-corrected chi connectivity index (χ0v) is 19.2. The van der Waals surface area contributed by atoms with E-state index in [1.165, 1.54) is 0 Å². The largest absolute Gasteiger partial charge is 0.307 e. The van der Waals surface area contributed by atoms with Gasteiger partial charge in [-0.2, -0.15) is 0 Å². The highest BCUT2D eigenvalue weighted by Crippen LogP contribution is 2.42. The van der Waals surface area contributed by atoms with Crippen LogP contribution in [0.4, 0.5) is 34.1 Å². The van der Waals surface area contributed by atoms with Crippen molar-refractivity contribution in [2.45, 2.75) is 6.42 Å². The normalized spacial score (nSPS) is 10.4. The van der Waals surface area contributed by atoms with E-state index in [0.717, 1.165) is 0 Å². The van der Waals surface area contributed by atoms with Gasteiger partial charge in [0.25, 0.3) is 11.4 Å². The van der Waals surface area contributed by atoms with Gasteiger partial charge in [0.1, 0.15) is 0 Å². The fraction of sp³-hybridized carbons (Fsp3) is 0.200. The van der Waals surface area contributed by atoms with E-state index < -0.39 is 93.4 Å². The number of halogens is 2. The second-order valence-electron chi connectivity index (χ2n) is 6.69. The van der Waals surface area contributed by atoms with Gasteiger partial charge < -0.3 is 0 Å². The Kier molecular flexibility index (Phi) is 8.53. The highest BCUT2D eigenvalue weighted by Gasteiger charge is 2.39. The molecule has 0 unspecified atom stereocenters. The molecule has 0 amide bonds. The Morgan fingerprint density at radius 2 is 0.784 bits per heavy atom. The summed E-state index contributed by atoms with van der Waals surface area (Å²) in [6.45, 7) is -1.90. The van der Waals surface area contributed by atoms with Gasteiger partial charge in [0, 0.05) is 24.3 Å². The Morgan fingerprint density at radius 3 is 0.973 bits per heavy atom. The summed E-state index contributed by atoms with van der Waals surface area (Å²) in [6, 6.07) is 2.46. The smallest absolute Gasteiger partial charge is 0.258 e. The molecule has 196 valence electrons. The molecule has 0 aliphatic carbocycles.